The molecule has 1 aliphatic carbocycles. The lowest BCUT2D eigenvalue weighted by Crippen LogP contribution is -2.20. The van der Waals surface area contributed by atoms with E-state index in [0.29, 0.717) is 12.3 Å². The van der Waals surface area contributed by atoms with Crippen LogP contribution in [-0.4, -0.2) is 10.9 Å². The number of hydrogen-bond donors (Lipinski definition) is 1. The van der Waals surface area contributed by atoms with Gasteiger partial charge in [-0.3, -0.25) is 9.78 Å². The molecule has 3 nitrogen and oxygen atoms in total. The van der Waals surface area contributed by atoms with E-state index in [2.05, 4.69) is 16.4 Å². The molecule has 1 N–H and O–H groups in total. The number of nitrogens with one attached hydrogen (secondary N) is 1. The van der Waals surface area contributed by atoms with Crippen molar-refractivity contribution in [2.45, 2.75) is 32.6 Å². The quantitative estimate of drug-likeness (QED) is 0.912. The number of rotatable bonds is 4. The molecule has 108 valence electrons. The molecule has 21 heavy (non-hydrogen) atoms. The Labute approximate surface area is 125 Å². The molecule has 0 aliphatic heterocycles. The maximum Gasteiger partial charge on any atom is 0.224 e. The summed E-state index contributed by atoms with van der Waals surface area (Å²) in [5.74, 6) is 0.733. The molecule has 0 radical (unpaired) electrons. The first-order valence-corrected chi connectivity index (χ1v) is 7.53. The minimum Gasteiger partial charge on any atom is -0.326 e. The van der Waals surface area contributed by atoms with Crippen LogP contribution < -0.4 is 5.32 Å². The third kappa shape index (κ3) is 3.48. The second-order valence-corrected chi connectivity index (χ2v) is 5.81. The number of carbonyl (C=O) groups is 1. The van der Waals surface area contributed by atoms with Gasteiger partial charge in [-0.05, 0) is 61.1 Å². The largest absolute Gasteiger partial charge is 0.326 e. The first-order valence-electron chi connectivity index (χ1n) is 7.53. The maximum atomic E-state index is 11.9. The van der Waals surface area contributed by atoms with Crippen molar-refractivity contribution in [3.8, 4) is 11.1 Å². The Bertz CT molecular complexity index is 630. The Morgan fingerprint density at radius 3 is 2.57 bits per heavy atom. The molecular formula is C18H20N2O. The fourth-order valence-electron chi connectivity index (χ4n) is 2.64. The highest BCUT2D eigenvalue weighted by Crippen LogP contribution is 2.29. The molecule has 0 unspecified atom stereocenters. The summed E-state index contributed by atoms with van der Waals surface area (Å²) < 4.78 is 0. The van der Waals surface area contributed by atoms with Gasteiger partial charge in [0, 0.05) is 24.0 Å². The lowest BCUT2D eigenvalue weighted by atomic mass is 9.83. The van der Waals surface area contributed by atoms with E-state index in [1.54, 1.807) is 0 Å². The van der Waals surface area contributed by atoms with Crippen molar-refractivity contribution in [3.05, 3.63) is 48.3 Å². The molecule has 0 atom stereocenters. The van der Waals surface area contributed by atoms with E-state index in [0.717, 1.165) is 22.5 Å². The van der Waals surface area contributed by atoms with Crippen LogP contribution in [0.5, 0.6) is 0 Å². The third-order valence-corrected chi connectivity index (χ3v) is 4.10. The molecule has 3 rings (SSSR count). The van der Waals surface area contributed by atoms with Crippen molar-refractivity contribution >= 4 is 11.6 Å². The molecule has 3 heteroatoms. The summed E-state index contributed by atoms with van der Waals surface area (Å²) >= 11 is 0. The van der Waals surface area contributed by atoms with Crippen LogP contribution in [0.25, 0.3) is 11.1 Å². The molecule has 1 saturated carbocycles. The van der Waals surface area contributed by atoms with Gasteiger partial charge in [0.25, 0.3) is 0 Å². The number of anilines is 1. The highest BCUT2D eigenvalue weighted by atomic mass is 16.1. The topological polar surface area (TPSA) is 42.0 Å². The first-order chi connectivity index (χ1) is 10.2. The number of pyridine rings is 1. The van der Waals surface area contributed by atoms with Gasteiger partial charge in [0.1, 0.15) is 0 Å². The first kappa shape index (κ1) is 13.8. The predicted octanol–water partition coefficient (Wildman–Crippen LogP) is 4.19. The lowest BCUT2D eigenvalue weighted by molar-refractivity contribution is -0.117. The number of hydrogen-bond acceptors (Lipinski definition) is 2. The van der Waals surface area contributed by atoms with E-state index in [4.69, 9.17) is 0 Å². The molecule has 1 heterocycles. The average Bonchev–Trinajstić information content (AvgIpc) is 2.44. The van der Waals surface area contributed by atoms with Crippen molar-refractivity contribution in [1.82, 2.24) is 4.98 Å². The summed E-state index contributed by atoms with van der Waals surface area (Å²) in [7, 11) is 0. The van der Waals surface area contributed by atoms with Gasteiger partial charge in [-0.2, -0.15) is 0 Å². The number of aryl methyl sites for hydroxylation is 1. The molecular weight excluding hydrogens is 260 g/mol. The molecule has 1 fully saturated rings. The SMILES string of the molecule is Cc1cc(-c2ccc(NC(=O)CC3CCC3)cc2)ccn1. The van der Waals surface area contributed by atoms with Gasteiger partial charge in [-0.1, -0.05) is 18.6 Å². The van der Waals surface area contributed by atoms with Gasteiger partial charge >= 0.3 is 0 Å². The Kier molecular flexibility index (Phi) is 4.00. The smallest absolute Gasteiger partial charge is 0.224 e. The van der Waals surface area contributed by atoms with E-state index in [1.807, 2.05) is 43.5 Å². The lowest BCUT2D eigenvalue weighted by Gasteiger charge is -2.24. The molecule has 1 aliphatic rings. The number of carbonyl (C=O) groups excluding carboxylic acids is 1. The molecule has 1 aromatic carbocycles. The number of amides is 1. The van der Waals surface area contributed by atoms with Gasteiger partial charge in [-0.15, -0.1) is 0 Å². The van der Waals surface area contributed by atoms with Gasteiger partial charge in [0.05, 0.1) is 0 Å². The number of nitrogens with zero attached hydrogens (tertiary/aromatic N) is 1. The van der Waals surface area contributed by atoms with E-state index < -0.39 is 0 Å². The van der Waals surface area contributed by atoms with Crippen LogP contribution in [-0.2, 0) is 4.79 Å². The summed E-state index contributed by atoms with van der Waals surface area (Å²) in [6, 6.07) is 12.1. The molecule has 0 spiro atoms. The predicted molar refractivity (Wildman–Crippen MR) is 85.0 cm³/mol. The van der Waals surface area contributed by atoms with Crippen LogP contribution in [0.4, 0.5) is 5.69 Å². The van der Waals surface area contributed by atoms with Crippen LogP contribution >= 0.6 is 0 Å². The van der Waals surface area contributed by atoms with E-state index >= 15 is 0 Å². The van der Waals surface area contributed by atoms with Crippen LogP contribution in [0.3, 0.4) is 0 Å². The van der Waals surface area contributed by atoms with Gasteiger partial charge in [0.15, 0.2) is 0 Å². The van der Waals surface area contributed by atoms with Crippen molar-refractivity contribution in [2.24, 2.45) is 5.92 Å². The summed E-state index contributed by atoms with van der Waals surface area (Å²) in [5, 5.41) is 2.98. The zero-order chi connectivity index (χ0) is 14.7. The van der Waals surface area contributed by atoms with Crippen molar-refractivity contribution in [2.75, 3.05) is 5.32 Å². The second-order valence-electron chi connectivity index (χ2n) is 5.81. The van der Waals surface area contributed by atoms with Crippen molar-refractivity contribution < 1.29 is 4.79 Å². The molecule has 0 bridgehead atoms. The van der Waals surface area contributed by atoms with Crippen molar-refractivity contribution in [1.29, 1.82) is 0 Å². The number of aromatic nitrogens is 1. The van der Waals surface area contributed by atoms with Gasteiger partial charge in [-0.25, -0.2) is 0 Å². The standard InChI is InChI=1S/C18H20N2O/c1-13-11-16(9-10-19-13)15-5-7-17(8-6-15)20-18(21)12-14-3-2-4-14/h5-11,14H,2-4,12H2,1H3,(H,20,21). The van der Waals surface area contributed by atoms with E-state index in [-0.39, 0.29) is 5.91 Å². The minimum atomic E-state index is 0.132. The van der Waals surface area contributed by atoms with Crippen LogP contribution in [0.2, 0.25) is 0 Å². The molecule has 1 amide bonds. The Morgan fingerprint density at radius 1 is 1.19 bits per heavy atom. The van der Waals surface area contributed by atoms with Crippen LogP contribution in [0.1, 0.15) is 31.4 Å². The zero-order valence-electron chi connectivity index (χ0n) is 12.3. The minimum absolute atomic E-state index is 0.132. The monoisotopic (exact) mass is 280 g/mol. The van der Waals surface area contributed by atoms with Crippen molar-refractivity contribution in [3.63, 3.8) is 0 Å². The summed E-state index contributed by atoms with van der Waals surface area (Å²) in [4.78, 5) is 16.1. The maximum absolute atomic E-state index is 11.9. The Balaban J connectivity index is 1.64. The second kappa shape index (κ2) is 6.08. The summed E-state index contributed by atoms with van der Waals surface area (Å²) in [6.07, 6.45) is 6.16. The molecule has 2 aromatic rings. The Hall–Kier alpha value is -2.16. The Morgan fingerprint density at radius 2 is 1.95 bits per heavy atom. The van der Waals surface area contributed by atoms with Crippen LogP contribution in [0.15, 0.2) is 42.6 Å². The summed E-state index contributed by atoms with van der Waals surface area (Å²) in [5.41, 5.74) is 4.16. The highest BCUT2D eigenvalue weighted by Gasteiger charge is 2.20. The van der Waals surface area contributed by atoms with Crippen LogP contribution in [0, 0.1) is 12.8 Å². The van der Waals surface area contributed by atoms with Gasteiger partial charge in [0.2, 0.25) is 5.91 Å². The molecule has 0 saturated heterocycles. The van der Waals surface area contributed by atoms with E-state index in [9.17, 15) is 4.79 Å². The average molecular weight is 280 g/mol. The fourth-order valence-corrected chi connectivity index (χ4v) is 2.64. The summed E-state index contributed by atoms with van der Waals surface area (Å²) in [6.45, 7) is 1.98. The van der Waals surface area contributed by atoms with E-state index in [1.165, 1.54) is 19.3 Å². The van der Waals surface area contributed by atoms with Gasteiger partial charge < -0.3 is 5.32 Å². The molecule has 1 aromatic heterocycles. The zero-order valence-corrected chi connectivity index (χ0v) is 12.3. The normalized spacial score (nSPS) is 14.5. The third-order valence-electron chi connectivity index (χ3n) is 4.10. The fraction of sp³-hybridized carbons (Fsp3) is 0.333. The number of benzene rings is 1. The highest BCUT2D eigenvalue weighted by molar-refractivity contribution is 5.91.